The first-order chi connectivity index (χ1) is 12.7. The van der Waals surface area contributed by atoms with Crippen LogP contribution < -0.4 is 0 Å². The van der Waals surface area contributed by atoms with E-state index in [4.69, 9.17) is 4.52 Å². The molecule has 1 fully saturated rings. The van der Waals surface area contributed by atoms with E-state index in [0.29, 0.717) is 19.5 Å². The summed E-state index contributed by atoms with van der Waals surface area (Å²) in [5, 5.41) is 5.22. The van der Waals surface area contributed by atoms with E-state index in [0.717, 1.165) is 41.9 Å². The van der Waals surface area contributed by atoms with Crippen LogP contribution in [0.4, 0.5) is 4.39 Å². The van der Waals surface area contributed by atoms with Crippen LogP contribution in [-0.4, -0.2) is 47.0 Å². The molecule has 1 saturated heterocycles. The predicted molar refractivity (Wildman–Crippen MR) is 96.0 cm³/mol. The molecule has 0 aliphatic carbocycles. The topological polar surface area (TPSA) is 49.6 Å². The Bertz CT molecular complexity index is 899. The number of hydrogen-bond acceptors (Lipinski definition) is 4. The molecule has 1 amide bonds. The van der Waals surface area contributed by atoms with Crippen molar-refractivity contribution in [2.24, 2.45) is 0 Å². The van der Waals surface area contributed by atoms with Gasteiger partial charge in [0.25, 0.3) is 0 Å². The molecule has 0 spiro atoms. The van der Waals surface area contributed by atoms with Crippen molar-refractivity contribution in [2.45, 2.75) is 13.0 Å². The molecule has 5 nitrogen and oxygen atoms in total. The van der Waals surface area contributed by atoms with Crippen LogP contribution in [0.3, 0.4) is 0 Å². The minimum absolute atomic E-state index is 0.0862. The van der Waals surface area contributed by atoms with Crippen molar-refractivity contribution in [3.63, 3.8) is 0 Å². The summed E-state index contributed by atoms with van der Waals surface area (Å²) in [4.78, 5) is 16.6. The number of piperazine rings is 1. The first-order valence-electron chi connectivity index (χ1n) is 8.77. The number of para-hydroxylation sites is 1. The zero-order chi connectivity index (χ0) is 17.9. The van der Waals surface area contributed by atoms with Gasteiger partial charge in [0, 0.05) is 38.1 Å². The second-order valence-electron chi connectivity index (χ2n) is 6.59. The molecule has 0 N–H and O–H groups in total. The molecule has 1 aliphatic heterocycles. The van der Waals surface area contributed by atoms with Gasteiger partial charge in [-0.1, -0.05) is 29.4 Å². The molecule has 0 atom stereocenters. The zero-order valence-corrected chi connectivity index (χ0v) is 14.4. The number of benzene rings is 2. The molecule has 134 valence electrons. The lowest BCUT2D eigenvalue weighted by Gasteiger charge is -2.34. The van der Waals surface area contributed by atoms with E-state index in [1.54, 1.807) is 12.1 Å². The van der Waals surface area contributed by atoms with E-state index >= 15 is 0 Å². The standard InChI is InChI=1S/C20H20FN3O2/c21-16-7-5-15(6-8-16)13-20(25)24-11-9-23(10-12-24)14-18-17-3-1-2-4-19(17)26-22-18/h1-8H,9-14H2. The van der Waals surface area contributed by atoms with Gasteiger partial charge in [-0.05, 0) is 29.8 Å². The lowest BCUT2D eigenvalue weighted by Crippen LogP contribution is -2.48. The maximum Gasteiger partial charge on any atom is 0.227 e. The Kier molecular flexibility index (Phi) is 4.67. The van der Waals surface area contributed by atoms with E-state index in [1.807, 2.05) is 29.2 Å². The summed E-state index contributed by atoms with van der Waals surface area (Å²) in [5.41, 5.74) is 2.58. The fourth-order valence-corrected chi connectivity index (χ4v) is 3.31. The third kappa shape index (κ3) is 3.60. The van der Waals surface area contributed by atoms with Crippen LogP contribution in [0.2, 0.25) is 0 Å². The third-order valence-electron chi connectivity index (χ3n) is 4.82. The van der Waals surface area contributed by atoms with Crippen molar-refractivity contribution in [3.8, 4) is 0 Å². The number of hydrogen-bond donors (Lipinski definition) is 0. The number of aromatic nitrogens is 1. The third-order valence-corrected chi connectivity index (χ3v) is 4.82. The average Bonchev–Trinajstić information content (AvgIpc) is 3.07. The molecule has 4 rings (SSSR count). The second kappa shape index (κ2) is 7.25. The fraction of sp³-hybridized carbons (Fsp3) is 0.300. The summed E-state index contributed by atoms with van der Waals surface area (Å²) < 4.78 is 18.3. The molecule has 2 aromatic carbocycles. The first kappa shape index (κ1) is 16.7. The van der Waals surface area contributed by atoms with E-state index in [2.05, 4.69) is 10.1 Å². The molecular weight excluding hydrogens is 333 g/mol. The molecule has 0 radical (unpaired) electrons. The lowest BCUT2D eigenvalue weighted by atomic mass is 10.1. The van der Waals surface area contributed by atoms with Crippen molar-refractivity contribution >= 4 is 16.9 Å². The number of amides is 1. The predicted octanol–water partition coefficient (Wildman–Crippen LogP) is 2.85. The Labute approximate surface area is 151 Å². The number of fused-ring (bicyclic) bond motifs is 1. The zero-order valence-electron chi connectivity index (χ0n) is 14.4. The number of carbonyl (C=O) groups is 1. The molecule has 6 heteroatoms. The highest BCUT2D eigenvalue weighted by Crippen LogP contribution is 2.20. The van der Waals surface area contributed by atoms with Crippen LogP contribution in [0.25, 0.3) is 11.0 Å². The summed E-state index contributed by atoms with van der Waals surface area (Å²) in [6, 6.07) is 14.0. The Morgan fingerprint density at radius 2 is 1.77 bits per heavy atom. The van der Waals surface area contributed by atoms with Gasteiger partial charge in [0.1, 0.15) is 11.5 Å². The van der Waals surface area contributed by atoms with Crippen molar-refractivity contribution in [1.29, 1.82) is 0 Å². The van der Waals surface area contributed by atoms with Gasteiger partial charge in [-0.15, -0.1) is 0 Å². The van der Waals surface area contributed by atoms with Crippen LogP contribution in [0.5, 0.6) is 0 Å². The van der Waals surface area contributed by atoms with Gasteiger partial charge in [0.15, 0.2) is 5.58 Å². The molecule has 26 heavy (non-hydrogen) atoms. The van der Waals surface area contributed by atoms with Crippen molar-refractivity contribution in [1.82, 2.24) is 15.0 Å². The monoisotopic (exact) mass is 353 g/mol. The highest BCUT2D eigenvalue weighted by atomic mass is 19.1. The van der Waals surface area contributed by atoms with Gasteiger partial charge in [0.2, 0.25) is 5.91 Å². The van der Waals surface area contributed by atoms with E-state index in [1.165, 1.54) is 12.1 Å². The quantitative estimate of drug-likeness (QED) is 0.724. The number of carbonyl (C=O) groups excluding carboxylic acids is 1. The summed E-state index contributed by atoms with van der Waals surface area (Å²) in [6.45, 7) is 3.70. The van der Waals surface area contributed by atoms with Gasteiger partial charge in [-0.2, -0.15) is 0 Å². The fourth-order valence-electron chi connectivity index (χ4n) is 3.31. The van der Waals surface area contributed by atoms with Crippen LogP contribution in [0.15, 0.2) is 53.1 Å². The largest absolute Gasteiger partial charge is 0.356 e. The molecule has 0 bridgehead atoms. The van der Waals surface area contributed by atoms with Crippen molar-refractivity contribution in [3.05, 3.63) is 65.6 Å². The number of halogens is 1. The maximum atomic E-state index is 13.0. The highest BCUT2D eigenvalue weighted by Gasteiger charge is 2.22. The Balaban J connectivity index is 1.32. The van der Waals surface area contributed by atoms with Gasteiger partial charge in [-0.25, -0.2) is 4.39 Å². The van der Waals surface area contributed by atoms with Crippen molar-refractivity contribution in [2.75, 3.05) is 26.2 Å². The maximum absolute atomic E-state index is 13.0. The lowest BCUT2D eigenvalue weighted by molar-refractivity contribution is -0.132. The molecular formula is C20H20FN3O2. The van der Waals surface area contributed by atoms with Crippen LogP contribution in [-0.2, 0) is 17.8 Å². The Hall–Kier alpha value is -2.73. The van der Waals surface area contributed by atoms with Gasteiger partial charge < -0.3 is 9.42 Å². The minimum Gasteiger partial charge on any atom is -0.356 e. The molecule has 3 aromatic rings. The molecule has 1 aromatic heterocycles. The summed E-state index contributed by atoms with van der Waals surface area (Å²) in [6.07, 6.45) is 0.314. The molecule has 0 saturated carbocycles. The summed E-state index contributed by atoms with van der Waals surface area (Å²) in [7, 11) is 0. The average molecular weight is 353 g/mol. The van der Waals surface area contributed by atoms with Gasteiger partial charge in [-0.3, -0.25) is 9.69 Å². The highest BCUT2D eigenvalue weighted by molar-refractivity contribution is 5.79. The summed E-state index contributed by atoms with van der Waals surface area (Å²) >= 11 is 0. The summed E-state index contributed by atoms with van der Waals surface area (Å²) in [5.74, 6) is -0.196. The first-order valence-corrected chi connectivity index (χ1v) is 8.77. The van der Waals surface area contributed by atoms with Gasteiger partial charge in [0.05, 0.1) is 6.42 Å². The van der Waals surface area contributed by atoms with E-state index in [-0.39, 0.29) is 11.7 Å². The SMILES string of the molecule is O=C(Cc1ccc(F)cc1)N1CCN(Cc2noc3ccccc23)CC1. The van der Waals surface area contributed by atoms with Gasteiger partial charge >= 0.3 is 0 Å². The minimum atomic E-state index is -0.282. The molecule has 2 heterocycles. The molecule has 1 aliphatic rings. The van der Waals surface area contributed by atoms with Crippen molar-refractivity contribution < 1.29 is 13.7 Å². The molecule has 0 unspecified atom stereocenters. The normalized spacial score (nSPS) is 15.5. The smallest absolute Gasteiger partial charge is 0.227 e. The second-order valence-corrected chi connectivity index (χ2v) is 6.59. The number of nitrogens with zero attached hydrogens (tertiary/aromatic N) is 3. The number of rotatable bonds is 4. The van der Waals surface area contributed by atoms with Crippen LogP contribution in [0.1, 0.15) is 11.3 Å². The van der Waals surface area contributed by atoms with Crippen LogP contribution >= 0.6 is 0 Å². The Morgan fingerprint density at radius 3 is 2.54 bits per heavy atom. The Morgan fingerprint density at radius 1 is 1.04 bits per heavy atom. The van der Waals surface area contributed by atoms with Crippen LogP contribution in [0, 0.1) is 5.82 Å². The van der Waals surface area contributed by atoms with E-state index < -0.39 is 0 Å². The van der Waals surface area contributed by atoms with E-state index in [9.17, 15) is 9.18 Å².